The molecule has 0 aromatic heterocycles. The summed E-state index contributed by atoms with van der Waals surface area (Å²) in [6, 6.07) is 2.78. The third-order valence-corrected chi connectivity index (χ3v) is 1.51. The summed E-state index contributed by atoms with van der Waals surface area (Å²) in [5.41, 5.74) is 10.00. The fraction of sp³-hybridized carbons (Fsp3) is 0.111. The van der Waals surface area contributed by atoms with E-state index in [0.29, 0.717) is 6.07 Å². The van der Waals surface area contributed by atoms with Gasteiger partial charge in [-0.1, -0.05) is 0 Å². The van der Waals surface area contributed by atoms with Crippen LogP contribution in [0.3, 0.4) is 0 Å². The number of rotatable bonds is 2. The number of aliphatic imine (C=N–C) groups is 1. The van der Waals surface area contributed by atoms with Gasteiger partial charge >= 0.3 is 6.09 Å². The van der Waals surface area contributed by atoms with Gasteiger partial charge in [-0.25, -0.2) is 13.6 Å². The molecule has 1 amide bonds. The maximum absolute atomic E-state index is 12.7. The minimum absolute atomic E-state index is 0. The van der Waals surface area contributed by atoms with Crippen LogP contribution in [0.5, 0.6) is 0 Å². The van der Waals surface area contributed by atoms with Gasteiger partial charge < -0.3 is 16.2 Å². The highest BCUT2D eigenvalue weighted by Gasteiger charge is 2.04. The second-order valence-corrected chi connectivity index (χ2v) is 2.87. The Kier molecular flexibility index (Phi) is 5.90. The first-order chi connectivity index (χ1) is 7.47. The number of amides is 1. The molecule has 1 aromatic rings. The zero-order valence-corrected chi connectivity index (χ0v) is 9.34. The Balaban J connectivity index is 0.00000256. The van der Waals surface area contributed by atoms with Crippen molar-refractivity contribution in [3.63, 3.8) is 0 Å². The lowest BCUT2D eigenvalue weighted by Gasteiger charge is -2.02. The van der Waals surface area contributed by atoms with Gasteiger partial charge in [-0.05, 0) is 17.7 Å². The number of guanidine groups is 1. The molecule has 0 aliphatic carbocycles. The quantitative estimate of drug-likeness (QED) is 0.623. The number of nitrogens with zero attached hydrogens (tertiary/aromatic N) is 1. The van der Waals surface area contributed by atoms with Crippen molar-refractivity contribution in [1.29, 1.82) is 0 Å². The van der Waals surface area contributed by atoms with E-state index in [9.17, 15) is 13.6 Å². The SMILES string of the molecule is Cl.NC(N)=NC(=O)OCc1cc(F)cc(F)c1. The molecule has 0 unspecified atom stereocenters. The van der Waals surface area contributed by atoms with E-state index in [1.54, 1.807) is 0 Å². The Labute approximate surface area is 102 Å². The van der Waals surface area contributed by atoms with Crippen LogP contribution in [0.2, 0.25) is 0 Å². The molecule has 5 nitrogen and oxygen atoms in total. The van der Waals surface area contributed by atoms with Gasteiger partial charge in [0.25, 0.3) is 0 Å². The Morgan fingerprint density at radius 2 is 1.76 bits per heavy atom. The highest BCUT2D eigenvalue weighted by molar-refractivity contribution is 5.87. The predicted octanol–water partition coefficient (Wildman–Crippen LogP) is 1.30. The molecule has 0 spiro atoms. The molecule has 0 heterocycles. The lowest BCUT2D eigenvalue weighted by atomic mass is 10.2. The fourth-order valence-corrected chi connectivity index (χ4v) is 0.977. The Morgan fingerprint density at radius 3 is 2.24 bits per heavy atom. The molecular formula is C9H10ClF2N3O2. The van der Waals surface area contributed by atoms with Crippen molar-refractivity contribution in [2.75, 3.05) is 0 Å². The largest absolute Gasteiger partial charge is 0.443 e. The Bertz CT molecular complexity index is 416. The van der Waals surface area contributed by atoms with Crippen LogP contribution in [0.1, 0.15) is 5.56 Å². The van der Waals surface area contributed by atoms with E-state index < -0.39 is 23.7 Å². The molecule has 0 saturated carbocycles. The second-order valence-electron chi connectivity index (χ2n) is 2.87. The number of halogens is 3. The van der Waals surface area contributed by atoms with Crippen LogP contribution in [0.15, 0.2) is 23.2 Å². The summed E-state index contributed by atoms with van der Waals surface area (Å²) < 4.78 is 30.0. The zero-order chi connectivity index (χ0) is 12.1. The van der Waals surface area contributed by atoms with Gasteiger partial charge in [-0.2, -0.15) is 0 Å². The summed E-state index contributed by atoms with van der Waals surface area (Å²) in [6.07, 6.45) is -1.02. The van der Waals surface area contributed by atoms with E-state index in [-0.39, 0.29) is 24.6 Å². The third kappa shape index (κ3) is 5.67. The average molecular weight is 266 g/mol. The maximum Gasteiger partial charge on any atom is 0.437 e. The number of nitrogens with two attached hydrogens (primary N) is 2. The van der Waals surface area contributed by atoms with Crippen molar-refractivity contribution < 1.29 is 18.3 Å². The van der Waals surface area contributed by atoms with E-state index >= 15 is 0 Å². The molecule has 4 N–H and O–H groups in total. The Hall–Kier alpha value is -1.89. The lowest BCUT2D eigenvalue weighted by Crippen LogP contribution is -2.24. The molecule has 0 fully saturated rings. The van der Waals surface area contributed by atoms with Gasteiger partial charge in [-0.3, -0.25) is 0 Å². The van der Waals surface area contributed by atoms with E-state index in [1.807, 2.05) is 0 Å². The molecule has 8 heteroatoms. The molecule has 0 atom stereocenters. The van der Waals surface area contributed by atoms with Gasteiger partial charge in [0.2, 0.25) is 0 Å². The molecule has 1 aromatic carbocycles. The van der Waals surface area contributed by atoms with Gasteiger partial charge in [0.05, 0.1) is 0 Å². The first-order valence-corrected chi connectivity index (χ1v) is 4.19. The van der Waals surface area contributed by atoms with Crippen molar-refractivity contribution >= 4 is 24.5 Å². The van der Waals surface area contributed by atoms with Gasteiger partial charge in [0.15, 0.2) is 5.96 Å². The summed E-state index contributed by atoms with van der Waals surface area (Å²) in [4.78, 5) is 13.9. The number of carbonyl (C=O) groups is 1. The van der Waals surface area contributed by atoms with Crippen molar-refractivity contribution in [2.24, 2.45) is 16.5 Å². The van der Waals surface area contributed by atoms with Crippen molar-refractivity contribution in [3.05, 3.63) is 35.4 Å². The highest BCUT2D eigenvalue weighted by atomic mass is 35.5. The maximum atomic E-state index is 12.7. The lowest BCUT2D eigenvalue weighted by molar-refractivity contribution is 0.150. The number of hydrogen-bond donors (Lipinski definition) is 2. The van der Waals surface area contributed by atoms with Gasteiger partial charge in [0, 0.05) is 6.07 Å². The average Bonchev–Trinajstić information content (AvgIpc) is 2.12. The normalized spacial score (nSPS) is 9.06. The summed E-state index contributed by atoms with van der Waals surface area (Å²) in [5, 5.41) is 0. The molecular weight excluding hydrogens is 256 g/mol. The van der Waals surface area contributed by atoms with Crippen LogP contribution >= 0.6 is 12.4 Å². The van der Waals surface area contributed by atoms with Crippen LogP contribution in [-0.2, 0) is 11.3 Å². The van der Waals surface area contributed by atoms with E-state index in [0.717, 1.165) is 12.1 Å². The minimum atomic E-state index is -1.02. The highest BCUT2D eigenvalue weighted by Crippen LogP contribution is 2.09. The first-order valence-electron chi connectivity index (χ1n) is 4.19. The van der Waals surface area contributed by atoms with Crippen LogP contribution in [0.4, 0.5) is 13.6 Å². The molecule has 1 rings (SSSR count). The number of benzene rings is 1. The van der Waals surface area contributed by atoms with Crippen LogP contribution in [-0.4, -0.2) is 12.1 Å². The second kappa shape index (κ2) is 6.64. The smallest absolute Gasteiger partial charge is 0.437 e. The minimum Gasteiger partial charge on any atom is -0.443 e. The van der Waals surface area contributed by atoms with Crippen LogP contribution in [0.25, 0.3) is 0 Å². The van der Waals surface area contributed by atoms with E-state index in [4.69, 9.17) is 11.5 Å². The molecule has 0 saturated heterocycles. The van der Waals surface area contributed by atoms with Crippen molar-refractivity contribution in [3.8, 4) is 0 Å². The third-order valence-electron chi connectivity index (χ3n) is 1.51. The van der Waals surface area contributed by atoms with Gasteiger partial charge in [-0.15, -0.1) is 17.4 Å². The number of ether oxygens (including phenoxy) is 1. The molecule has 0 aliphatic rings. The van der Waals surface area contributed by atoms with E-state index in [1.165, 1.54) is 0 Å². The van der Waals surface area contributed by atoms with Crippen LogP contribution < -0.4 is 11.5 Å². The van der Waals surface area contributed by atoms with Gasteiger partial charge in [0.1, 0.15) is 18.2 Å². The summed E-state index contributed by atoms with van der Waals surface area (Å²) >= 11 is 0. The monoisotopic (exact) mass is 265 g/mol. The summed E-state index contributed by atoms with van der Waals surface area (Å²) in [5.74, 6) is -1.96. The van der Waals surface area contributed by atoms with Crippen LogP contribution in [0, 0.1) is 11.6 Å². The van der Waals surface area contributed by atoms with Crippen molar-refractivity contribution in [2.45, 2.75) is 6.61 Å². The fourth-order valence-electron chi connectivity index (χ4n) is 0.977. The molecule has 0 radical (unpaired) electrons. The molecule has 94 valence electrons. The van der Waals surface area contributed by atoms with E-state index in [2.05, 4.69) is 9.73 Å². The topological polar surface area (TPSA) is 90.7 Å². The predicted molar refractivity (Wildman–Crippen MR) is 59.6 cm³/mol. The first kappa shape index (κ1) is 15.1. The molecule has 0 bridgehead atoms. The Morgan fingerprint density at radius 1 is 1.24 bits per heavy atom. The number of carbonyl (C=O) groups excluding carboxylic acids is 1. The molecule has 0 aliphatic heterocycles. The summed E-state index contributed by atoms with van der Waals surface area (Å²) in [7, 11) is 0. The van der Waals surface area contributed by atoms with Crippen molar-refractivity contribution in [1.82, 2.24) is 0 Å². The standard InChI is InChI=1S/C9H9F2N3O2.ClH/c10-6-1-5(2-7(11)3-6)4-16-9(15)14-8(12)13;/h1-3H,4H2,(H4,12,13,14,15);1H. The zero-order valence-electron chi connectivity index (χ0n) is 8.52. The number of hydrogen-bond acceptors (Lipinski definition) is 2. The summed E-state index contributed by atoms with van der Waals surface area (Å²) in [6.45, 7) is -0.315. The molecule has 17 heavy (non-hydrogen) atoms.